The fourth-order valence-corrected chi connectivity index (χ4v) is 3.55. The van der Waals surface area contributed by atoms with Crippen LogP contribution in [0.15, 0.2) is 48.5 Å². The van der Waals surface area contributed by atoms with Gasteiger partial charge in [-0.15, -0.1) is 0 Å². The Kier molecular flexibility index (Phi) is 6.08. The summed E-state index contributed by atoms with van der Waals surface area (Å²) in [6, 6.07) is 16.3. The molecule has 1 aliphatic carbocycles. The third kappa shape index (κ3) is 4.60. The number of methoxy groups -OCH3 is 1. The Morgan fingerprint density at radius 3 is 2.80 bits per heavy atom. The van der Waals surface area contributed by atoms with Crippen LogP contribution in [0.1, 0.15) is 35.6 Å². The minimum atomic E-state index is -0.573. The lowest BCUT2D eigenvalue weighted by molar-refractivity contribution is 0.136. The zero-order valence-electron chi connectivity index (χ0n) is 14.8. The Balaban J connectivity index is 1.58. The van der Waals surface area contributed by atoms with Crippen LogP contribution in [0.5, 0.6) is 5.75 Å². The maximum atomic E-state index is 10.4. The minimum Gasteiger partial charge on any atom is -0.497 e. The molecule has 0 bridgehead atoms. The summed E-state index contributed by atoms with van der Waals surface area (Å²) in [4.78, 5) is 0. The van der Waals surface area contributed by atoms with E-state index in [0.717, 1.165) is 30.6 Å². The fourth-order valence-electron chi connectivity index (χ4n) is 3.55. The molecule has 0 amide bonds. The van der Waals surface area contributed by atoms with Crippen molar-refractivity contribution < 1.29 is 9.84 Å². The minimum absolute atomic E-state index is 0.248. The molecular weight excluding hydrogens is 312 g/mol. The number of aliphatic hydroxyl groups is 1. The smallest absolute Gasteiger partial charge is 0.119 e. The molecule has 2 aromatic carbocycles. The number of rotatable bonds is 7. The highest BCUT2D eigenvalue weighted by Crippen LogP contribution is 2.32. The number of hydrogen-bond acceptors (Lipinski definition) is 4. The van der Waals surface area contributed by atoms with Crippen LogP contribution in [0.3, 0.4) is 0 Å². The van der Waals surface area contributed by atoms with Gasteiger partial charge in [0.1, 0.15) is 5.75 Å². The fraction of sp³-hybridized carbons (Fsp3) is 0.429. The molecule has 0 saturated heterocycles. The third-order valence-electron chi connectivity index (χ3n) is 5.05. The van der Waals surface area contributed by atoms with E-state index in [2.05, 4.69) is 17.4 Å². The number of aryl methyl sites for hydroxylation is 1. The lowest BCUT2D eigenvalue weighted by Crippen LogP contribution is -2.44. The van der Waals surface area contributed by atoms with Gasteiger partial charge in [0, 0.05) is 18.6 Å². The highest BCUT2D eigenvalue weighted by atomic mass is 16.5. The van der Waals surface area contributed by atoms with Crippen molar-refractivity contribution in [3.05, 3.63) is 65.2 Å². The average Bonchev–Trinajstić information content (AvgIpc) is 2.66. The van der Waals surface area contributed by atoms with E-state index >= 15 is 0 Å². The maximum absolute atomic E-state index is 10.4. The zero-order valence-corrected chi connectivity index (χ0v) is 14.8. The molecular formula is C21H28N2O2. The van der Waals surface area contributed by atoms with Gasteiger partial charge < -0.3 is 20.9 Å². The summed E-state index contributed by atoms with van der Waals surface area (Å²) in [6.07, 6.45) is 3.44. The van der Waals surface area contributed by atoms with Crippen LogP contribution >= 0.6 is 0 Å². The van der Waals surface area contributed by atoms with E-state index in [9.17, 15) is 5.11 Å². The topological polar surface area (TPSA) is 67.5 Å². The van der Waals surface area contributed by atoms with Gasteiger partial charge in [-0.2, -0.15) is 0 Å². The molecule has 3 rings (SSSR count). The molecule has 4 N–H and O–H groups in total. The van der Waals surface area contributed by atoms with Crippen LogP contribution < -0.4 is 15.8 Å². The van der Waals surface area contributed by atoms with E-state index < -0.39 is 6.10 Å². The van der Waals surface area contributed by atoms with Gasteiger partial charge in [0.25, 0.3) is 0 Å². The second-order valence-electron chi connectivity index (χ2n) is 6.84. The van der Waals surface area contributed by atoms with E-state index in [1.54, 1.807) is 7.11 Å². The Morgan fingerprint density at radius 2 is 2.04 bits per heavy atom. The van der Waals surface area contributed by atoms with Crippen LogP contribution in [0, 0.1) is 0 Å². The Morgan fingerprint density at radius 1 is 1.24 bits per heavy atom. The highest BCUT2D eigenvalue weighted by molar-refractivity contribution is 5.39. The molecule has 0 radical (unpaired) electrons. The number of fused-ring (bicyclic) bond motifs is 1. The van der Waals surface area contributed by atoms with E-state index in [1.165, 1.54) is 11.1 Å². The predicted molar refractivity (Wildman–Crippen MR) is 101 cm³/mol. The van der Waals surface area contributed by atoms with E-state index in [4.69, 9.17) is 10.5 Å². The third-order valence-corrected chi connectivity index (χ3v) is 5.05. The molecule has 1 aliphatic rings. The van der Waals surface area contributed by atoms with Crippen molar-refractivity contribution in [2.24, 2.45) is 5.73 Å². The molecule has 3 atom stereocenters. The van der Waals surface area contributed by atoms with E-state index in [0.29, 0.717) is 13.0 Å². The van der Waals surface area contributed by atoms with Crippen molar-refractivity contribution in [3.63, 3.8) is 0 Å². The molecule has 0 heterocycles. The van der Waals surface area contributed by atoms with Crippen molar-refractivity contribution in [3.8, 4) is 5.75 Å². The average molecular weight is 340 g/mol. The largest absolute Gasteiger partial charge is 0.497 e. The number of ether oxygens (including phenoxy) is 1. The summed E-state index contributed by atoms with van der Waals surface area (Å²) < 4.78 is 5.36. The lowest BCUT2D eigenvalue weighted by atomic mass is 9.87. The summed E-state index contributed by atoms with van der Waals surface area (Å²) in [5.41, 5.74) is 10.0. The van der Waals surface area contributed by atoms with Crippen molar-refractivity contribution in [2.45, 2.75) is 43.9 Å². The van der Waals surface area contributed by atoms with E-state index in [-0.39, 0.29) is 12.1 Å². The second-order valence-corrected chi connectivity index (χ2v) is 6.84. The second kappa shape index (κ2) is 8.48. The van der Waals surface area contributed by atoms with Crippen molar-refractivity contribution >= 4 is 0 Å². The van der Waals surface area contributed by atoms with Crippen molar-refractivity contribution in [1.82, 2.24) is 5.32 Å². The molecule has 134 valence electrons. The number of hydrogen-bond donors (Lipinski definition) is 3. The molecule has 0 aromatic heterocycles. The van der Waals surface area contributed by atoms with Crippen LogP contribution in [-0.4, -0.2) is 30.9 Å². The molecule has 0 saturated carbocycles. The molecule has 0 spiro atoms. The molecule has 25 heavy (non-hydrogen) atoms. The number of benzene rings is 2. The Hall–Kier alpha value is -1.88. The van der Waals surface area contributed by atoms with Crippen molar-refractivity contribution in [2.75, 3.05) is 13.7 Å². The zero-order chi connectivity index (χ0) is 17.6. The van der Waals surface area contributed by atoms with Gasteiger partial charge in [0.05, 0.1) is 13.2 Å². The summed E-state index contributed by atoms with van der Waals surface area (Å²) in [5.74, 6) is 0.883. The monoisotopic (exact) mass is 340 g/mol. The summed E-state index contributed by atoms with van der Waals surface area (Å²) >= 11 is 0. The van der Waals surface area contributed by atoms with Gasteiger partial charge >= 0.3 is 0 Å². The lowest BCUT2D eigenvalue weighted by Gasteiger charge is -2.29. The van der Waals surface area contributed by atoms with Crippen molar-refractivity contribution in [1.29, 1.82) is 0 Å². The van der Waals surface area contributed by atoms with Gasteiger partial charge in [-0.05, 0) is 54.5 Å². The molecule has 0 fully saturated rings. The SMILES string of the molecule is COc1ccc2c(c1)[C@@H](NC[C@@H](O)[C@@H](N)Cc1ccccc1)CCC2. The van der Waals surface area contributed by atoms with E-state index in [1.807, 2.05) is 36.4 Å². The van der Waals surface area contributed by atoms with Gasteiger partial charge in [-0.25, -0.2) is 0 Å². The quantitative estimate of drug-likeness (QED) is 0.725. The molecule has 2 aromatic rings. The first-order chi connectivity index (χ1) is 12.2. The van der Waals surface area contributed by atoms with Crippen LogP contribution in [0.2, 0.25) is 0 Å². The summed E-state index contributed by atoms with van der Waals surface area (Å²) in [5, 5.41) is 14.0. The van der Waals surface area contributed by atoms with Gasteiger partial charge in [0.2, 0.25) is 0 Å². The van der Waals surface area contributed by atoms with Gasteiger partial charge in [0.15, 0.2) is 0 Å². The standard InChI is InChI=1S/C21H28N2O2/c1-25-17-11-10-16-8-5-9-20(18(16)13-17)23-14-21(24)19(22)12-15-6-3-2-4-7-15/h2-4,6-7,10-11,13,19-21,23-24H,5,8-9,12,14,22H2,1H3/t19-,20-,21+/m0/s1. The van der Waals surface area contributed by atoms with Crippen LogP contribution in [0.25, 0.3) is 0 Å². The number of nitrogens with one attached hydrogen (secondary N) is 1. The highest BCUT2D eigenvalue weighted by Gasteiger charge is 2.23. The Bertz CT molecular complexity index is 675. The molecule has 0 aliphatic heterocycles. The number of nitrogens with two attached hydrogens (primary N) is 1. The first kappa shape index (κ1) is 17.9. The first-order valence-corrected chi connectivity index (χ1v) is 9.05. The van der Waals surface area contributed by atoms with Crippen LogP contribution in [-0.2, 0) is 12.8 Å². The predicted octanol–water partition coefficient (Wildman–Crippen LogP) is 2.59. The first-order valence-electron chi connectivity index (χ1n) is 9.05. The summed E-state index contributed by atoms with van der Waals surface area (Å²) in [6.45, 7) is 0.495. The molecule has 4 nitrogen and oxygen atoms in total. The Labute approximate surface area is 150 Å². The number of aliphatic hydroxyl groups excluding tert-OH is 1. The normalized spacial score (nSPS) is 19.1. The maximum Gasteiger partial charge on any atom is 0.119 e. The van der Waals surface area contributed by atoms with Crippen LogP contribution in [0.4, 0.5) is 0 Å². The summed E-state index contributed by atoms with van der Waals surface area (Å²) in [7, 11) is 1.69. The molecule has 4 heteroatoms. The van der Waals surface area contributed by atoms with Gasteiger partial charge in [-0.3, -0.25) is 0 Å². The molecule has 0 unspecified atom stereocenters. The van der Waals surface area contributed by atoms with Gasteiger partial charge in [-0.1, -0.05) is 36.4 Å².